The lowest BCUT2D eigenvalue weighted by Gasteiger charge is -2.41. The summed E-state index contributed by atoms with van der Waals surface area (Å²) in [6, 6.07) is 10.0. The minimum absolute atomic E-state index is 0.00350. The highest BCUT2D eigenvalue weighted by atomic mass is 35.5. The Balaban J connectivity index is 1.75. The van der Waals surface area contributed by atoms with E-state index >= 15 is 0 Å². The van der Waals surface area contributed by atoms with Crippen molar-refractivity contribution in [2.75, 3.05) is 6.61 Å². The Hall–Kier alpha value is -2.58. The Morgan fingerprint density at radius 3 is 2.55 bits per heavy atom. The van der Waals surface area contributed by atoms with Crippen molar-refractivity contribution in [2.24, 2.45) is 10.7 Å². The number of hydrogen-bond donors (Lipinski definition) is 1. The first kappa shape index (κ1) is 23.6. The highest BCUT2D eigenvalue weighted by molar-refractivity contribution is 6.34. The smallest absolute Gasteiger partial charge is 0.378 e. The molecule has 4 rings (SSSR count). The van der Waals surface area contributed by atoms with E-state index in [1.165, 1.54) is 29.2 Å². The summed E-state index contributed by atoms with van der Waals surface area (Å²) in [6.45, 7) is 4.21. The number of aliphatic imine (C=N–C) groups is 1. The van der Waals surface area contributed by atoms with E-state index in [9.17, 15) is 18.0 Å². The maximum atomic E-state index is 13.6. The molecule has 5 nitrogen and oxygen atoms in total. The molecule has 1 fully saturated rings. The second-order valence-electron chi connectivity index (χ2n) is 8.75. The third-order valence-corrected chi connectivity index (χ3v) is 6.70. The van der Waals surface area contributed by atoms with Gasteiger partial charge in [-0.3, -0.25) is 9.69 Å². The molecule has 0 spiro atoms. The number of nitrogens with zero attached hydrogens (tertiary/aromatic N) is 2. The fraction of sp³-hybridized carbons (Fsp3) is 0.417. The molecular weight excluding hydrogens is 455 g/mol. The lowest BCUT2D eigenvalue weighted by atomic mass is 9.84. The molecule has 33 heavy (non-hydrogen) atoms. The van der Waals surface area contributed by atoms with Crippen LogP contribution < -0.4 is 5.73 Å². The van der Waals surface area contributed by atoms with Gasteiger partial charge in [-0.1, -0.05) is 48.0 Å². The first-order valence-electron chi connectivity index (χ1n) is 10.8. The van der Waals surface area contributed by atoms with Gasteiger partial charge in [0.25, 0.3) is 0 Å². The Morgan fingerprint density at radius 1 is 1.18 bits per heavy atom. The van der Waals surface area contributed by atoms with E-state index in [0.717, 1.165) is 6.07 Å². The second-order valence-corrected chi connectivity index (χ2v) is 9.13. The van der Waals surface area contributed by atoms with E-state index in [1.807, 2.05) is 6.92 Å². The number of alkyl halides is 3. The topological polar surface area (TPSA) is 67.9 Å². The van der Waals surface area contributed by atoms with Crippen LogP contribution in [0, 0.1) is 0 Å². The molecule has 9 heteroatoms. The van der Waals surface area contributed by atoms with Crippen LogP contribution in [0.15, 0.2) is 47.5 Å². The van der Waals surface area contributed by atoms with Gasteiger partial charge in [-0.15, -0.1) is 0 Å². The molecule has 1 amide bonds. The molecule has 2 aromatic rings. The number of rotatable bonds is 3. The number of halogens is 4. The number of carbonyl (C=O) groups is 1. The average molecular weight is 480 g/mol. The summed E-state index contributed by atoms with van der Waals surface area (Å²) in [5.41, 5.74) is 5.03. The molecule has 0 saturated carbocycles. The molecule has 2 aliphatic rings. The lowest BCUT2D eigenvalue weighted by Crippen LogP contribution is -2.56. The molecule has 0 aliphatic carbocycles. The van der Waals surface area contributed by atoms with Crippen molar-refractivity contribution in [1.82, 2.24) is 4.90 Å². The van der Waals surface area contributed by atoms with Crippen molar-refractivity contribution in [3.8, 4) is 11.1 Å². The summed E-state index contributed by atoms with van der Waals surface area (Å²) in [6.07, 6.45) is -3.21. The van der Waals surface area contributed by atoms with Gasteiger partial charge in [0, 0.05) is 18.2 Å². The Bertz CT molecular complexity index is 1100. The third-order valence-electron chi connectivity index (χ3n) is 6.30. The lowest BCUT2D eigenvalue weighted by molar-refractivity contribution is -0.137. The maximum Gasteiger partial charge on any atom is 0.417 e. The Labute approximate surface area is 195 Å². The minimum Gasteiger partial charge on any atom is -0.378 e. The van der Waals surface area contributed by atoms with Gasteiger partial charge in [-0.25, -0.2) is 4.99 Å². The molecule has 176 valence electrons. The van der Waals surface area contributed by atoms with Gasteiger partial charge in [-0.05, 0) is 43.9 Å². The third kappa shape index (κ3) is 4.46. The number of carbonyl (C=O) groups excluding carboxylic acids is 1. The number of guanidine groups is 1. The molecule has 2 heterocycles. The maximum absolute atomic E-state index is 13.6. The van der Waals surface area contributed by atoms with E-state index in [0.29, 0.717) is 25.0 Å². The SMILES string of the molecule is C[C@H]1C[C@@H](N2C(=O)C[C@@](C)(c3cccc(-c4ccccc4C(F)(F)F)c3Cl)N=C2N)CCO1. The Kier molecular flexibility index (Phi) is 6.18. The zero-order chi connectivity index (χ0) is 24.0. The summed E-state index contributed by atoms with van der Waals surface area (Å²) in [5, 5.41) is 0.120. The van der Waals surface area contributed by atoms with Gasteiger partial charge in [0.15, 0.2) is 5.96 Å². The van der Waals surface area contributed by atoms with Gasteiger partial charge in [-0.2, -0.15) is 13.2 Å². The van der Waals surface area contributed by atoms with Crippen molar-refractivity contribution < 1.29 is 22.7 Å². The van der Waals surface area contributed by atoms with Crippen LogP contribution in [-0.4, -0.2) is 35.5 Å². The first-order valence-corrected chi connectivity index (χ1v) is 11.1. The molecule has 1 saturated heterocycles. The summed E-state index contributed by atoms with van der Waals surface area (Å²) in [7, 11) is 0. The van der Waals surface area contributed by atoms with Gasteiger partial charge < -0.3 is 10.5 Å². The van der Waals surface area contributed by atoms with E-state index < -0.39 is 17.3 Å². The van der Waals surface area contributed by atoms with E-state index in [4.69, 9.17) is 22.1 Å². The zero-order valence-corrected chi connectivity index (χ0v) is 19.1. The van der Waals surface area contributed by atoms with Crippen molar-refractivity contribution in [1.29, 1.82) is 0 Å². The van der Waals surface area contributed by atoms with Crippen LogP contribution in [0.2, 0.25) is 5.02 Å². The summed E-state index contributed by atoms with van der Waals surface area (Å²) >= 11 is 6.67. The second kappa shape index (κ2) is 8.65. The largest absolute Gasteiger partial charge is 0.417 e. The van der Waals surface area contributed by atoms with E-state index in [2.05, 4.69) is 4.99 Å². The fourth-order valence-electron chi connectivity index (χ4n) is 4.73. The number of ether oxygens (including phenoxy) is 1. The number of hydrogen-bond acceptors (Lipinski definition) is 4. The monoisotopic (exact) mass is 479 g/mol. The average Bonchev–Trinajstić information content (AvgIpc) is 2.72. The van der Waals surface area contributed by atoms with Crippen LogP contribution in [0.4, 0.5) is 13.2 Å². The highest BCUT2D eigenvalue weighted by Gasteiger charge is 2.42. The Morgan fingerprint density at radius 2 is 1.88 bits per heavy atom. The van der Waals surface area contributed by atoms with E-state index in [-0.39, 0.29) is 46.6 Å². The molecule has 3 atom stereocenters. The van der Waals surface area contributed by atoms with E-state index in [1.54, 1.807) is 19.1 Å². The first-order chi connectivity index (χ1) is 15.5. The van der Waals surface area contributed by atoms with Crippen LogP contribution in [0.25, 0.3) is 11.1 Å². The molecule has 0 radical (unpaired) electrons. The molecule has 0 bridgehead atoms. The zero-order valence-electron chi connectivity index (χ0n) is 18.3. The normalized spacial score (nSPS) is 26.3. The van der Waals surface area contributed by atoms with Gasteiger partial charge in [0.05, 0.1) is 28.6 Å². The number of amides is 1. The predicted molar refractivity (Wildman–Crippen MR) is 121 cm³/mol. The van der Waals surface area contributed by atoms with Crippen molar-refractivity contribution in [3.63, 3.8) is 0 Å². The number of nitrogens with two attached hydrogens (primary N) is 1. The van der Waals surface area contributed by atoms with Crippen molar-refractivity contribution >= 4 is 23.5 Å². The van der Waals surface area contributed by atoms with Crippen molar-refractivity contribution in [2.45, 2.75) is 57.0 Å². The van der Waals surface area contributed by atoms with Gasteiger partial charge >= 0.3 is 6.18 Å². The summed E-state index contributed by atoms with van der Waals surface area (Å²) in [5.74, 6) is -0.105. The van der Waals surface area contributed by atoms with Crippen LogP contribution in [0.5, 0.6) is 0 Å². The standard InChI is InChI=1S/C24H25ClF3N3O2/c1-14-12-15(10-11-33-14)31-20(32)13-23(2,30-22(31)29)19-9-5-7-17(21(19)25)16-6-3-4-8-18(16)24(26,27)28/h3-9,14-15H,10-13H2,1-2H3,(H2,29,30)/t14-,15-,23-/m0/s1. The molecular formula is C24H25ClF3N3O2. The van der Waals surface area contributed by atoms with Crippen LogP contribution >= 0.6 is 11.6 Å². The summed E-state index contributed by atoms with van der Waals surface area (Å²) in [4.78, 5) is 19.3. The van der Waals surface area contributed by atoms with Crippen molar-refractivity contribution in [3.05, 3.63) is 58.6 Å². The quantitative estimate of drug-likeness (QED) is 0.644. The highest BCUT2D eigenvalue weighted by Crippen LogP contribution is 2.44. The fourth-order valence-corrected chi connectivity index (χ4v) is 5.16. The van der Waals surface area contributed by atoms with Crippen LogP contribution in [0.3, 0.4) is 0 Å². The van der Waals surface area contributed by atoms with Crippen LogP contribution in [0.1, 0.15) is 44.2 Å². The molecule has 0 unspecified atom stereocenters. The number of benzene rings is 2. The summed E-state index contributed by atoms with van der Waals surface area (Å²) < 4.78 is 46.4. The van der Waals surface area contributed by atoms with Gasteiger partial charge in [0.1, 0.15) is 0 Å². The van der Waals surface area contributed by atoms with Gasteiger partial charge in [0.2, 0.25) is 5.91 Å². The molecule has 0 aromatic heterocycles. The van der Waals surface area contributed by atoms with Crippen LogP contribution in [-0.2, 0) is 21.2 Å². The minimum atomic E-state index is -4.54. The molecule has 2 aromatic carbocycles. The molecule has 2 aliphatic heterocycles. The molecule has 2 N–H and O–H groups in total. The predicted octanol–water partition coefficient (Wildman–Crippen LogP) is 5.36.